The summed E-state index contributed by atoms with van der Waals surface area (Å²) in [5.74, 6) is 0.823. The van der Waals surface area contributed by atoms with Crippen molar-refractivity contribution in [3.63, 3.8) is 0 Å². The van der Waals surface area contributed by atoms with Gasteiger partial charge in [-0.1, -0.05) is 74.4 Å². The average molecular weight is 501 g/mol. The van der Waals surface area contributed by atoms with Crippen molar-refractivity contribution in [2.75, 3.05) is 0 Å². The van der Waals surface area contributed by atoms with Gasteiger partial charge < -0.3 is 24.4 Å². The van der Waals surface area contributed by atoms with Crippen LogP contribution < -0.4 is 9.05 Å². The number of carboxylic acids is 1. The second-order valence-corrected chi connectivity index (χ2v) is 8.45. The van der Waals surface area contributed by atoms with E-state index >= 15 is 0 Å². The summed E-state index contributed by atoms with van der Waals surface area (Å²) >= 11 is 0. The molecule has 0 aromatic heterocycles. The number of benzene rings is 3. The van der Waals surface area contributed by atoms with Gasteiger partial charge >= 0.3 is 5.97 Å². The van der Waals surface area contributed by atoms with Crippen molar-refractivity contribution in [3.8, 4) is 11.5 Å². The van der Waals surface area contributed by atoms with Crippen molar-refractivity contribution in [3.05, 3.63) is 96.6 Å². The predicted molar refractivity (Wildman–Crippen MR) is 142 cm³/mol. The zero-order valence-corrected chi connectivity index (χ0v) is 21.6. The zero-order valence-electron chi connectivity index (χ0n) is 20.6. The van der Waals surface area contributed by atoms with Crippen molar-refractivity contribution in [1.29, 1.82) is 0 Å². The first-order valence-electron chi connectivity index (χ1n) is 11.7. The SMILES string of the molecule is CCCCC(C(C)O)C(C)O.O=C(O)c1ccccc1.c1ccc(OPOc2ccccc2)cc1. The molecule has 7 heteroatoms. The molecule has 0 aliphatic heterocycles. The number of hydrogen-bond donors (Lipinski definition) is 3. The molecule has 3 N–H and O–H groups in total. The third-order valence-corrected chi connectivity index (χ3v) is 5.59. The largest absolute Gasteiger partial charge is 0.478 e. The van der Waals surface area contributed by atoms with E-state index in [-0.39, 0.29) is 27.2 Å². The van der Waals surface area contributed by atoms with Crippen molar-refractivity contribution in [2.45, 2.75) is 52.2 Å². The van der Waals surface area contributed by atoms with Gasteiger partial charge in [0.15, 0.2) is 0 Å². The molecule has 0 aliphatic carbocycles. The number of aliphatic hydroxyl groups excluding tert-OH is 2. The highest BCUT2D eigenvalue weighted by molar-refractivity contribution is 7.27. The number of aromatic carboxylic acids is 1. The number of aliphatic hydroxyl groups is 2. The van der Waals surface area contributed by atoms with Crippen LogP contribution in [-0.2, 0) is 0 Å². The summed E-state index contributed by atoms with van der Waals surface area (Å²) in [5.41, 5.74) is 0.331. The molecule has 190 valence electrons. The van der Waals surface area contributed by atoms with Crippen LogP contribution in [0.1, 0.15) is 50.4 Å². The molecule has 3 aromatic carbocycles. The molecule has 0 spiro atoms. The van der Waals surface area contributed by atoms with Crippen LogP contribution in [0.5, 0.6) is 11.5 Å². The van der Waals surface area contributed by atoms with Gasteiger partial charge in [-0.15, -0.1) is 0 Å². The third kappa shape index (κ3) is 14.2. The Morgan fingerprint density at radius 3 is 1.49 bits per heavy atom. The number of unbranched alkanes of at least 4 members (excludes halogenated alkanes) is 1. The Labute approximate surface area is 210 Å². The number of carboxylic acid groups (broad SMARTS) is 1. The van der Waals surface area contributed by atoms with Crippen LogP contribution in [0.2, 0.25) is 0 Å². The van der Waals surface area contributed by atoms with Crippen LogP contribution in [0.4, 0.5) is 0 Å². The summed E-state index contributed by atoms with van der Waals surface area (Å²) < 4.78 is 10.8. The predicted octanol–water partition coefficient (Wildman–Crippen LogP) is 6.59. The number of rotatable bonds is 10. The van der Waals surface area contributed by atoms with Crippen LogP contribution in [0.3, 0.4) is 0 Å². The maximum atomic E-state index is 10.2. The van der Waals surface area contributed by atoms with Crippen molar-refractivity contribution in [1.82, 2.24) is 0 Å². The Bertz CT molecular complexity index is 857. The molecule has 0 amide bonds. The lowest BCUT2D eigenvalue weighted by Gasteiger charge is -2.22. The van der Waals surface area contributed by atoms with Gasteiger partial charge in [-0.05, 0) is 56.7 Å². The minimum atomic E-state index is -0.879. The van der Waals surface area contributed by atoms with Crippen LogP contribution in [0.25, 0.3) is 0 Å². The molecule has 35 heavy (non-hydrogen) atoms. The Morgan fingerprint density at radius 2 is 1.17 bits per heavy atom. The maximum Gasteiger partial charge on any atom is 0.335 e. The van der Waals surface area contributed by atoms with Gasteiger partial charge in [-0.3, -0.25) is 0 Å². The van der Waals surface area contributed by atoms with E-state index < -0.39 is 5.97 Å². The average Bonchev–Trinajstić information content (AvgIpc) is 2.86. The van der Waals surface area contributed by atoms with Gasteiger partial charge in [0, 0.05) is 5.92 Å². The lowest BCUT2D eigenvalue weighted by Crippen LogP contribution is -2.27. The summed E-state index contributed by atoms with van der Waals surface area (Å²) in [4.78, 5) is 10.2. The van der Waals surface area contributed by atoms with E-state index in [0.29, 0.717) is 5.56 Å². The molecule has 0 fully saturated rings. The van der Waals surface area contributed by atoms with Crippen molar-refractivity contribution >= 4 is 15.0 Å². The van der Waals surface area contributed by atoms with E-state index in [0.717, 1.165) is 30.8 Å². The monoisotopic (exact) mass is 500 g/mol. The Hall–Kier alpha value is -2.92. The topological polar surface area (TPSA) is 96.2 Å². The molecule has 0 saturated carbocycles. The molecule has 0 bridgehead atoms. The number of hydrogen-bond acceptors (Lipinski definition) is 5. The van der Waals surface area contributed by atoms with Gasteiger partial charge in [0.2, 0.25) is 0 Å². The second-order valence-electron chi connectivity index (χ2n) is 7.87. The highest BCUT2D eigenvalue weighted by Gasteiger charge is 2.19. The first-order chi connectivity index (χ1) is 16.8. The fourth-order valence-electron chi connectivity index (χ4n) is 3.00. The minimum absolute atomic E-state index is 0.0129. The Morgan fingerprint density at radius 1 is 0.771 bits per heavy atom. The molecule has 0 radical (unpaired) electrons. The zero-order chi connectivity index (χ0) is 25.9. The molecule has 0 heterocycles. The smallest absolute Gasteiger partial charge is 0.335 e. The van der Waals surface area contributed by atoms with E-state index in [1.54, 1.807) is 44.2 Å². The molecule has 0 saturated heterocycles. The highest BCUT2D eigenvalue weighted by atomic mass is 31.1. The summed E-state index contributed by atoms with van der Waals surface area (Å²) in [6.07, 6.45) is 2.35. The molecule has 2 unspecified atom stereocenters. The van der Waals surface area contributed by atoms with E-state index in [1.807, 2.05) is 60.7 Å². The van der Waals surface area contributed by atoms with Crippen molar-refractivity contribution in [2.24, 2.45) is 5.92 Å². The first kappa shape index (κ1) is 30.1. The Balaban J connectivity index is 0.000000273. The van der Waals surface area contributed by atoms with Crippen LogP contribution >= 0.6 is 9.03 Å². The molecular weight excluding hydrogens is 463 g/mol. The fraction of sp³-hybridized carbons (Fsp3) is 0.321. The molecular formula is C28H37O6P. The van der Waals surface area contributed by atoms with E-state index in [2.05, 4.69) is 6.92 Å². The van der Waals surface area contributed by atoms with Crippen LogP contribution in [0.15, 0.2) is 91.0 Å². The van der Waals surface area contributed by atoms with Crippen molar-refractivity contribution < 1.29 is 29.2 Å². The first-order valence-corrected chi connectivity index (χ1v) is 12.5. The standard InChI is InChI=1S/C12H11O2P.C9H20O2.C7H6O2/c1-3-7-11(8-4-1)13-15-14-12-9-5-2-6-10-12;1-4-5-6-9(7(2)10)8(3)11;8-7(9)6-4-2-1-3-5-6/h1-10,15H;7-11H,4-6H2,1-3H3;1-5H,(H,8,9). The fourth-order valence-corrected chi connectivity index (χ4v) is 3.51. The van der Waals surface area contributed by atoms with E-state index in [9.17, 15) is 15.0 Å². The lowest BCUT2D eigenvalue weighted by molar-refractivity contribution is 0.0261. The molecule has 6 nitrogen and oxygen atoms in total. The Kier molecular flexibility index (Phi) is 15.8. The maximum absolute atomic E-state index is 10.2. The van der Waals surface area contributed by atoms with Gasteiger partial charge in [0.1, 0.15) is 11.5 Å². The second kappa shape index (κ2) is 18.4. The number of carbonyl (C=O) groups is 1. The normalized spacial score (nSPS) is 12.5. The van der Waals surface area contributed by atoms with Crippen LogP contribution in [-0.4, -0.2) is 33.5 Å². The summed E-state index contributed by atoms with van der Waals surface area (Å²) in [6.45, 7) is 5.60. The summed E-state index contributed by atoms with van der Waals surface area (Å²) in [6, 6.07) is 27.5. The third-order valence-electron chi connectivity index (χ3n) is 4.96. The molecule has 3 rings (SSSR count). The number of para-hydroxylation sites is 2. The quantitative estimate of drug-likeness (QED) is 0.272. The molecule has 2 atom stereocenters. The highest BCUT2D eigenvalue weighted by Crippen LogP contribution is 2.24. The minimum Gasteiger partial charge on any atom is -0.478 e. The molecule has 0 aliphatic rings. The van der Waals surface area contributed by atoms with Gasteiger partial charge in [-0.25, -0.2) is 4.79 Å². The van der Waals surface area contributed by atoms with Gasteiger partial charge in [-0.2, -0.15) is 0 Å². The lowest BCUT2D eigenvalue weighted by atomic mass is 9.92. The van der Waals surface area contributed by atoms with E-state index in [1.165, 1.54) is 0 Å². The van der Waals surface area contributed by atoms with E-state index in [4.69, 9.17) is 14.2 Å². The van der Waals surface area contributed by atoms with Crippen LogP contribution in [0, 0.1) is 5.92 Å². The van der Waals surface area contributed by atoms with Gasteiger partial charge in [0.25, 0.3) is 9.03 Å². The summed E-state index contributed by atoms with van der Waals surface area (Å²) in [7, 11) is -0.0129. The van der Waals surface area contributed by atoms with Gasteiger partial charge in [0.05, 0.1) is 17.8 Å². The molecule has 3 aromatic rings. The summed E-state index contributed by atoms with van der Waals surface area (Å²) in [5, 5.41) is 26.9.